The summed E-state index contributed by atoms with van der Waals surface area (Å²) >= 11 is 1.64. The van der Waals surface area contributed by atoms with E-state index in [0.29, 0.717) is 5.75 Å². The van der Waals surface area contributed by atoms with E-state index in [1.165, 1.54) is 0 Å². The normalized spacial score (nSPS) is 33.7. The van der Waals surface area contributed by atoms with Crippen molar-refractivity contribution in [2.24, 2.45) is 11.3 Å². The van der Waals surface area contributed by atoms with Gasteiger partial charge < -0.3 is 10.2 Å². The minimum absolute atomic E-state index is 0.309. The fourth-order valence-corrected chi connectivity index (χ4v) is 3.63. The van der Waals surface area contributed by atoms with Gasteiger partial charge in [-0.25, -0.2) is 0 Å². The summed E-state index contributed by atoms with van der Waals surface area (Å²) in [6, 6.07) is 0. The van der Waals surface area contributed by atoms with Gasteiger partial charge in [0.05, 0.1) is 11.5 Å². The van der Waals surface area contributed by atoms with Crippen LogP contribution in [0.15, 0.2) is 0 Å². The van der Waals surface area contributed by atoms with Crippen LogP contribution in [0, 0.1) is 11.3 Å². The van der Waals surface area contributed by atoms with Crippen molar-refractivity contribution in [2.45, 2.75) is 32.8 Å². The number of carboxylic acids is 1. The van der Waals surface area contributed by atoms with Crippen LogP contribution in [0.4, 0.5) is 0 Å². The minimum Gasteiger partial charge on any atom is -0.481 e. The highest BCUT2D eigenvalue weighted by Crippen LogP contribution is 2.46. The van der Waals surface area contributed by atoms with Gasteiger partial charge in [-0.15, -0.1) is 0 Å². The molecule has 4 heteroatoms. The van der Waals surface area contributed by atoms with Gasteiger partial charge in [0.1, 0.15) is 0 Å². The molecule has 0 aromatic carbocycles. The molecule has 1 saturated heterocycles. The Bertz CT molecular complexity index is 240. The molecule has 3 nitrogen and oxygen atoms in total. The van der Waals surface area contributed by atoms with E-state index in [9.17, 15) is 9.90 Å². The molecule has 2 N–H and O–H groups in total. The first-order valence-corrected chi connectivity index (χ1v) is 6.00. The lowest BCUT2D eigenvalue weighted by molar-refractivity contribution is -0.160. The van der Waals surface area contributed by atoms with Crippen LogP contribution in [0.3, 0.4) is 0 Å². The Balaban J connectivity index is 2.94. The number of hydrogen-bond donors (Lipinski definition) is 2. The van der Waals surface area contributed by atoms with Gasteiger partial charge in [0.2, 0.25) is 0 Å². The fourth-order valence-electron chi connectivity index (χ4n) is 1.88. The zero-order chi connectivity index (χ0) is 11.0. The Morgan fingerprint density at radius 3 is 2.50 bits per heavy atom. The first-order valence-electron chi connectivity index (χ1n) is 4.84. The highest BCUT2D eigenvalue weighted by molar-refractivity contribution is 7.99. The van der Waals surface area contributed by atoms with Gasteiger partial charge >= 0.3 is 5.97 Å². The number of rotatable bonds is 2. The van der Waals surface area contributed by atoms with Crippen LogP contribution in [-0.2, 0) is 4.79 Å². The number of carboxylic acid groups (broad SMARTS) is 1. The molecule has 2 unspecified atom stereocenters. The molecule has 2 atom stereocenters. The van der Waals surface area contributed by atoms with Crippen LogP contribution in [0.5, 0.6) is 0 Å². The van der Waals surface area contributed by atoms with Gasteiger partial charge in [0, 0.05) is 5.75 Å². The molecule has 0 bridgehead atoms. The maximum Gasteiger partial charge on any atom is 0.309 e. The van der Waals surface area contributed by atoms with E-state index in [1.807, 2.05) is 13.8 Å². The molecule has 1 fully saturated rings. The third-order valence-corrected chi connectivity index (χ3v) is 4.59. The molecule has 1 heterocycles. The number of hydrogen-bond acceptors (Lipinski definition) is 3. The molecule has 1 rings (SSSR count). The van der Waals surface area contributed by atoms with Gasteiger partial charge in [-0.3, -0.25) is 4.79 Å². The van der Waals surface area contributed by atoms with Crippen molar-refractivity contribution in [2.75, 3.05) is 11.5 Å². The lowest BCUT2D eigenvalue weighted by Crippen LogP contribution is -2.56. The van der Waals surface area contributed by atoms with Gasteiger partial charge in [0.25, 0.3) is 0 Å². The highest BCUT2D eigenvalue weighted by Gasteiger charge is 2.51. The summed E-state index contributed by atoms with van der Waals surface area (Å²) in [5.41, 5.74) is -1.39. The smallest absolute Gasteiger partial charge is 0.309 e. The lowest BCUT2D eigenvalue weighted by Gasteiger charge is -2.48. The van der Waals surface area contributed by atoms with Crippen molar-refractivity contribution >= 4 is 17.7 Å². The highest BCUT2D eigenvalue weighted by atomic mass is 32.2. The molecule has 1 aliphatic rings. The standard InChI is InChI=1S/C10H18O3S/c1-7(8(11)12)10(13)6-14-5-4-9(10,2)3/h7,13H,4-6H2,1-3H3,(H,11,12). The molecule has 0 aromatic rings. The number of thioether (sulfide) groups is 1. The molecule has 1 aliphatic heterocycles. The van der Waals surface area contributed by atoms with E-state index in [2.05, 4.69) is 0 Å². The zero-order valence-corrected chi connectivity index (χ0v) is 9.73. The number of aliphatic carboxylic acids is 1. The average molecular weight is 218 g/mol. The van der Waals surface area contributed by atoms with Crippen LogP contribution in [0.2, 0.25) is 0 Å². The van der Waals surface area contributed by atoms with Crippen molar-refractivity contribution < 1.29 is 15.0 Å². The maximum absolute atomic E-state index is 10.9. The Kier molecular flexibility index (Phi) is 3.17. The predicted octanol–water partition coefficient (Wildman–Crippen LogP) is 1.60. The van der Waals surface area contributed by atoms with E-state index >= 15 is 0 Å². The second kappa shape index (κ2) is 3.74. The SMILES string of the molecule is CC(C(=O)O)C1(O)CSCCC1(C)C. The largest absolute Gasteiger partial charge is 0.481 e. The van der Waals surface area contributed by atoms with E-state index in [4.69, 9.17) is 5.11 Å². The van der Waals surface area contributed by atoms with Crippen LogP contribution >= 0.6 is 11.8 Å². The van der Waals surface area contributed by atoms with Crippen molar-refractivity contribution in [1.29, 1.82) is 0 Å². The summed E-state index contributed by atoms with van der Waals surface area (Å²) in [7, 11) is 0. The molecular weight excluding hydrogens is 200 g/mol. The van der Waals surface area contributed by atoms with Gasteiger partial charge in [-0.2, -0.15) is 11.8 Å². The summed E-state index contributed by atoms with van der Waals surface area (Å²) in [5.74, 6) is -0.0943. The molecule has 0 amide bonds. The number of aliphatic hydroxyl groups is 1. The molecule has 0 spiro atoms. The molecule has 0 saturated carbocycles. The van der Waals surface area contributed by atoms with Gasteiger partial charge in [0.15, 0.2) is 0 Å². The van der Waals surface area contributed by atoms with Crippen molar-refractivity contribution in [1.82, 2.24) is 0 Å². The predicted molar refractivity (Wildman–Crippen MR) is 57.5 cm³/mol. The summed E-state index contributed by atoms with van der Waals surface area (Å²) in [6.45, 7) is 5.49. The Hall–Kier alpha value is -0.220. The summed E-state index contributed by atoms with van der Waals surface area (Å²) in [4.78, 5) is 10.9. The second-order valence-electron chi connectivity index (χ2n) is 4.67. The minimum atomic E-state index is -1.08. The first-order chi connectivity index (χ1) is 6.31. The van der Waals surface area contributed by atoms with E-state index in [0.717, 1.165) is 12.2 Å². The van der Waals surface area contributed by atoms with Crippen LogP contribution < -0.4 is 0 Å². The third kappa shape index (κ3) is 1.77. The molecule has 0 aliphatic carbocycles. The summed E-state index contributed by atoms with van der Waals surface area (Å²) in [5, 5.41) is 19.4. The number of carbonyl (C=O) groups is 1. The molecule has 82 valence electrons. The first kappa shape index (κ1) is 11.9. The van der Waals surface area contributed by atoms with E-state index < -0.39 is 17.5 Å². The van der Waals surface area contributed by atoms with Gasteiger partial charge in [-0.1, -0.05) is 13.8 Å². The summed E-state index contributed by atoms with van der Waals surface area (Å²) < 4.78 is 0. The van der Waals surface area contributed by atoms with Crippen LogP contribution in [0.25, 0.3) is 0 Å². The molecule has 14 heavy (non-hydrogen) atoms. The fraction of sp³-hybridized carbons (Fsp3) is 0.900. The van der Waals surface area contributed by atoms with Crippen molar-refractivity contribution in [3.8, 4) is 0 Å². The third-order valence-electron chi connectivity index (χ3n) is 3.45. The van der Waals surface area contributed by atoms with Gasteiger partial charge in [-0.05, 0) is 24.5 Å². The molecular formula is C10H18O3S. The lowest BCUT2D eigenvalue weighted by atomic mass is 9.67. The monoisotopic (exact) mass is 218 g/mol. The average Bonchev–Trinajstić information content (AvgIpc) is 2.08. The van der Waals surface area contributed by atoms with Crippen molar-refractivity contribution in [3.63, 3.8) is 0 Å². The van der Waals surface area contributed by atoms with Crippen LogP contribution in [0.1, 0.15) is 27.2 Å². The van der Waals surface area contributed by atoms with E-state index in [1.54, 1.807) is 18.7 Å². The molecule has 0 aromatic heterocycles. The Morgan fingerprint density at radius 2 is 2.07 bits per heavy atom. The summed E-state index contributed by atoms with van der Waals surface area (Å²) in [6.07, 6.45) is 0.867. The topological polar surface area (TPSA) is 57.5 Å². The van der Waals surface area contributed by atoms with Crippen molar-refractivity contribution in [3.05, 3.63) is 0 Å². The quantitative estimate of drug-likeness (QED) is 0.739. The Labute approximate surface area is 88.9 Å². The second-order valence-corrected chi connectivity index (χ2v) is 5.78. The maximum atomic E-state index is 10.9. The van der Waals surface area contributed by atoms with E-state index in [-0.39, 0.29) is 5.41 Å². The zero-order valence-electron chi connectivity index (χ0n) is 8.91. The molecule has 0 radical (unpaired) electrons. The van der Waals surface area contributed by atoms with Crippen LogP contribution in [-0.4, -0.2) is 33.3 Å². The Morgan fingerprint density at radius 1 is 1.50 bits per heavy atom.